The van der Waals surface area contributed by atoms with E-state index in [1.54, 1.807) is 0 Å². The lowest BCUT2D eigenvalue weighted by Crippen LogP contribution is -2.31. The minimum Gasteiger partial charge on any atom is -0.352 e. The van der Waals surface area contributed by atoms with Gasteiger partial charge in [0.1, 0.15) is 0 Å². The predicted octanol–water partition coefficient (Wildman–Crippen LogP) is 2.41. The highest BCUT2D eigenvalue weighted by molar-refractivity contribution is 14.1. The number of rotatable bonds is 0. The molecule has 0 radical (unpaired) electrons. The Morgan fingerprint density at radius 3 is 3.18 bits per heavy atom. The molecule has 0 bridgehead atoms. The maximum atomic E-state index is 4.26. The second kappa shape index (κ2) is 4.09. The molecule has 11 heavy (non-hydrogen) atoms. The molecular weight excluding hydrogens is 251 g/mol. The van der Waals surface area contributed by atoms with E-state index in [2.05, 4.69) is 52.5 Å². The van der Waals surface area contributed by atoms with Gasteiger partial charge in [-0.05, 0) is 42.4 Å². The predicted molar refractivity (Wildman–Crippen MR) is 57.1 cm³/mol. The summed E-state index contributed by atoms with van der Waals surface area (Å²) in [5, 5.41) is 0. The van der Waals surface area contributed by atoms with Crippen LogP contribution in [-0.4, -0.2) is 21.8 Å². The molecule has 1 heterocycles. The Balaban J connectivity index is 2.72. The molecule has 0 aromatic heterocycles. The van der Waals surface area contributed by atoms with Crippen molar-refractivity contribution in [1.82, 2.24) is 4.90 Å². The first-order valence-corrected chi connectivity index (χ1v) is 4.91. The van der Waals surface area contributed by atoms with E-state index in [0.29, 0.717) is 6.04 Å². The van der Waals surface area contributed by atoms with Crippen LogP contribution in [0.5, 0.6) is 0 Å². The summed E-state index contributed by atoms with van der Waals surface area (Å²) in [6.07, 6.45) is 6.38. The highest BCUT2D eigenvalue weighted by atomic mass is 127. The highest BCUT2D eigenvalue weighted by Gasteiger charge is 2.11. The van der Waals surface area contributed by atoms with Crippen molar-refractivity contribution in [1.29, 1.82) is 0 Å². The van der Waals surface area contributed by atoms with E-state index >= 15 is 0 Å². The maximum absolute atomic E-state index is 4.26. The fourth-order valence-electron chi connectivity index (χ4n) is 0.993. The SMILES string of the molecule is CC1CC/C=C/N=C(/I)N1C. The van der Waals surface area contributed by atoms with E-state index in [9.17, 15) is 0 Å². The van der Waals surface area contributed by atoms with Crippen LogP contribution >= 0.6 is 22.6 Å². The fourth-order valence-corrected chi connectivity index (χ4v) is 1.63. The van der Waals surface area contributed by atoms with Gasteiger partial charge in [-0.3, -0.25) is 0 Å². The normalized spacial score (nSPS) is 33.5. The molecule has 2 nitrogen and oxygen atoms in total. The smallest absolute Gasteiger partial charge is 0.167 e. The van der Waals surface area contributed by atoms with Crippen LogP contribution in [0, 0.1) is 0 Å². The summed E-state index contributed by atoms with van der Waals surface area (Å²) in [5.74, 6) is 0. The number of halogens is 1. The first-order valence-electron chi connectivity index (χ1n) is 3.83. The van der Waals surface area contributed by atoms with Crippen molar-refractivity contribution >= 4 is 26.4 Å². The molecule has 0 aromatic rings. The highest BCUT2D eigenvalue weighted by Crippen LogP contribution is 2.12. The molecule has 0 amide bonds. The van der Waals surface area contributed by atoms with Crippen molar-refractivity contribution in [2.45, 2.75) is 25.8 Å². The van der Waals surface area contributed by atoms with Gasteiger partial charge >= 0.3 is 0 Å². The molecule has 0 aliphatic carbocycles. The Kier molecular flexibility index (Phi) is 3.36. The number of hydrogen-bond acceptors (Lipinski definition) is 2. The third kappa shape index (κ3) is 2.47. The van der Waals surface area contributed by atoms with E-state index in [4.69, 9.17) is 0 Å². The number of amidine groups is 1. The second-order valence-corrected chi connectivity index (χ2v) is 3.79. The molecule has 1 aliphatic heterocycles. The topological polar surface area (TPSA) is 15.6 Å². The van der Waals surface area contributed by atoms with Gasteiger partial charge in [-0.15, -0.1) is 0 Å². The van der Waals surface area contributed by atoms with Crippen LogP contribution in [0.4, 0.5) is 0 Å². The molecule has 0 spiro atoms. The lowest BCUT2D eigenvalue weighted by atomic mass is 10.1. The van der Waals surface area contributed by atoms with Crippen molar-refractivity contribution in [2.24, 2.45) is 4.99 Å². The standard InChI is InChI=1S/C8H13IN2/c1-7-5-3-4-6-10-8(9)11(7)2/h4,6-7H,3,5H2,1-2H3/b6-4+,10-8-. The molecule has 0 saturated carbocycles. The van der Waals surface area contributed by atoms with Gasteiger partial charge in [-0.1, -0.05) is 6.08 Å². The van der Waals surface area contributed by atoms with Crippen LogP contribution < -0.4 is 0 Å². The molecule has 62 valence electrons. The number of aliphatic imine (C=N–C) groups is 1. The zero-order chi connectivity index (χ0) is 8.27. The van der Waals surface area contributed by atoms with Crippen molar-refractivity contribution in [3.63, 3.8) is 0 Å². The lowest BCUT2D eigenvalue weighted by Gasteiger charge is -2.25. The van der Waals surface area contributed by atoms with Crippen molar-refractivity contribution in [3.8, 4) is 0 Å². The van der Waals surface area contributed by atoms with E-state index in [1.165, 1.54) is 6.42 Å². The van der Waals surface area contributed by atoms with Gasteiger partial charge in [0.15, 0.2) is 3.84 Å². The zero-order valence-electron chi connectivity index (χ0n) is 6.92. The van der Waals surface area contributed by atoms with E-state index in [1.807, 2.05) is 6.20 Å². The molecule has 0 N–H and O–H groups in total. The van der Waals surface area contributed by atoms with Crippen LogP contribution in [0.25, 0.3) is 0 Å². The van der Waals surface area contributed by atoms with Gasteiger partial charge in [-0.25, -0.2) is 4.99 Å². The first kappa shape index (κ1) is 9.03. The number of allylic oxidation sites excluding steroid dienone is 1. The lowest BCUT2D eigenvalue weighted by molar-refractivity contribution is 0.378. The third-order valence-electron chi connectivity index (χ3n) is 1.99. The van der Waals surface area contributed by atoms with Crippen molar-refractivity contribution in [3.05, 3.63) is 12.3 Å². The Hall–Kier alpha value is -0.0600. The van der Waals surface area contributed by atoms with Gasteiger partial charge in [0.2, 0.25) is 0 Å². The van der Waals surface area contributed by atoms with Gasteiger partial charge in [0.25, 0.3) is 0 Å². The molecule has 0 fully saturated rings. The summed E-state index contributed by atoms with van der Waals surface area (Å²) in [6, 6.07) is 0.607. The monoisotopic (exact) mass is 264 g/mol. The Bertz CT molecular complexity index is 187. The molecule has 0 aromatic carbocycles. The number of hydrogen-bond donors (Lipinski definition) is 0. The van der Waals surface area contributed by atoms with Crippen molar-refractivity contribution < 1.29 is 0 Å². The summed E-state index contributed by atoms with van der Waals surface area (Å²) < 4.78 is 1.08. The van der Waals surface area contributed by atoms with Gasteiger partial charge in [0, 0.05) is 19.3 Å². The fraction of sp³-hybridized carbons (Fsp3) is 0.625. The number of nitrogens with zero attached hydrogens (tertiary/aromatic N) is 2. The molecule has 3 heteroatoms. The maximum Gasteiger partial charge on any atom is 0.167 e. The molecule has 0 saturated heterocycles. The molecule has 1 atom stereocenters. The average molecular weight is 264 g/mol. The largest absolute Gasteiger partial charge is 0.352 e. The molecular formula is C8H13IN2. The summed E-state index contributed by atoms with van der Waals surface area (Å²) in [4.78, 5) is 6.48. The molecule has 1 aliphatic rings. The quantitative estimate of drug-likeness (QED) is 0.484. The molecule has 1 rings (SSSR count). The van der Waals surface area contributed by atoms with E-state index in [0.717, 1.165) is 10.3 Å². The van der Waals surface area contributed by atoms with Gasteiger partial charge in [0.05, 0.1) is 0 Å². The van der Waals surface area contributed by atoms with Crippen LogP contribution in [0.1, 0.15) is 19.8 Å². The Morgan fingerprint density at radius 2 is 2.45 bits per heavy atom. The summed E-state index contributed by atoms with van der Waals surface area (Å²) >= 11 is 2.26. The van der Waals surface area contributed by atoms with Crippen LogP contribution in [0.15, 0.2) is 17.3 Å². The van der Waals surface area contributed by atoms with Crippen LogP contribution in [-0.2, 0) is 0 Å². The average Bonchev–Trinajstić information content (AvgIpc) is 2.00. The Morgan fingerprint density at radius 1 is 1.73 bits per heavy atom. The summed E-state index contributed by atoms with van der Waals surface area (Å²) in [5.41, 5.74) is 0. The third-order valence-corrected chi connectivity index (χ3v) is 3.03. The van der Waals surface area contributed by atoms with E-state index < -0.39 is 0 Å². The molecule has 1 unspecified atom stereocenters. The van der Waals surface area contributed by atoms with Crippen LogP contribution in [0.2, 0.25) is 0 Å². The second-order valence-electron chi connectivity index (χ2n) is 2.82. The van der Waals surface area contributed by atoms with E-state index in [-0.39, 0.29) is 0 Å². The Labute approximate surface area is 81.5 Å². The van der Waals surface area contributed by atoms with Gasteiger partial charge < -0.3 is 4.90 Å². The van der Waals surface area contributed by atoms with Crippen molar-refractivity contribution in [2.75, 3.05) is 7.05 Å². The minimum absolute atomic E-state index is 0.607. The van der Waals surface area contributed by atoms with Crippen LogP contribution in [0.3, 0.4) is 0 Å². The summed E-state index contributed by atoms with van der Waals surface area (Å²) in [7, 11) is 2.09. The summed E-state index contributed by atoms with van der Waals surface area (Å²) in [6.45, 7) is 2.23. The van der Waals surface area contributed by atoms with Gasteiger partial charge in [-0.2, -0.15) is 0 Å². The zero-order valence-corrected chi connectivity index (χ0v) is 9.08. The minimum atomic E-state index is 0.607. The first-order chi connectivity index (χ1) is 5.22.